The first-order valence-corrected chi connectivity index (χ1v) is 10.6. The standard InChI is InChI=1S/C24H22N4O2S/c1-4-20-14-26-24(31-20)28-23(30)15(3)16-7-6-8-17(11-16)18-9-10-21(19(12-18)13-25)27-22(29)5-2/h5-12,14-15H,2,4H2,1,3H3,(H,27,29)(H,26,28,30)/t15-/m0/s1. The highest BCUT2D eigenvalue weighted by Gasteiger charge is 2.17. The monoisotopic (exact) mass is 430 g/mol. The molecule has 2 aromatic carbocycles. The number of nitriles is 1. The zero-order valence-corrected chi connectivity index (χ0v) is 18.1. The van der Waals surface area contributed by atoms with Gasteiger partial charge in [-0.1, -0.05) is 43.8 Å². The Morgan fingerprint density at radius 2 is 2.00 bits per heavy atom. The third kappa shape index (κ3) is 5.24. The maximum atomic E-state index is 12.7. The fourth-order valence-corrected chi connectivity index (χ4v) is 3.75. The molecule has 1 aromatic heterocycles. The summed E-state index contributed by atoms with van der Waals surface area (Å²) in [5.41, 5.74) is 3.31. The van der Waals surface area contributed by atoms with Crippen LogP contribution in [0.15, 0.2) is 61.3 Å². The second kappa shape index (κ2) is 9.83. The van der Waals surface area contributed by atoms with Gasteiger partial charge >= 0.3 is 0 Å². The first kappa shape index (κ1) is 21.9. The molecule has 0 unspecified atom stereocenters. The van der Waals surface area contributed by atoms with Crippen LogP contribution in [0.1, 0.15) is 35.8 Å². The molecule has 3 aromatic rings. The average Bonchev–Trinajstić information content (AvgIpc) is 3.26. The van der Waals surface area contributed by atoms with E-state index in [2.05, 4.69) is 28.3 Å². The Balaban J connectivity index is 1.82. The number of benzene rings is 2. The quantitative estimate of drug-likeness (QED) is 0.509. The highest BCUT2D eigenvalue weighted by Crippen LogP contribution is 2.28. The van der Waals surface area contributed by atoms with E-state index in [9.17, 15) is 14.9 Å². The Hall–Kier alpha value is -3.76. The molecular weight excluding hydrogens is 408 g/mol. The van der Waals surface area contributed by atoms with Gasteiger partial charge in [-0.2, -0.15) is 5.26 Å². The molecule has 2 amide bonds. The van der Waals surface area contributed by atoms with Gasteiger partial charge in [-0.25, -0.2) is 4.98 Å². The smallest absolute Gasteiger partial charge is 0.247 e. The number of hydrogen-bond donors (Lipinski definition) is 2. The molecule has 0 bridgehead atoms. The lowest BCUT2D eigenvalue weighted by atomic mass is 9.95. The van der Waals surface area contributed by atoms with Crippen LogP contribution in [0.3, 0.4) is 0 Å². The minimum absolute atomic E-state index is 0.130. The van der Waals surface area contributed by atoms with Gasteiger partial charge in [-0.05, 0) is 48.2 Å². The molecule has 7 heteroatoms. The van der Waals surface area contributed by atoms with Crippen LogP contribution in [0.5, 0.6) is 0 Å². The van der Waals surface area contributed by atoms with E-state index in [1.807, 2.05) is 44.2 Å². The molecule has 2 N–H and O–H groups in total. The van der Waals surface area contributed by atoms with Crippen molar-refractivity contribution in [3.63, 3.8) is 0 Å². The maximum absolute atomic E-state index is 12.7. The van der Waals surface area contributed by atoms with E-state index in [0.29, 0.717) is 16.4 Å². The van der Waals surface area contributed by atoms with Crippen LogP contribution in [0.2, 0.25) is 0 Å². The van der Waals surface area contributed by atoms with E-state index in [1.165, 1.54) is 11.3 Å². The second-order valence-corrected chi connectivity index (χ2v) is 8.00. The predicted octanol–water partition coefficient (Wildman–Crippen LogP) is 5.11. The van der Waals surface area contributed by atoms with Crippen LogP contribution >= 0.6 is 11.3 Å². The molecule has 0 aliphatic carbocycles. The molecular formula is C24H22N4O2S. The Labute approximate surface area is 185 Å². The van der Waals surface area contributed by atoms with Gasteiger partial charge in [0, 0.05) is 11.1 Å². The molecule has 0 aliphatic heterocycles. The SMILES string of the molecule is C=CC(=O)Nc1ccc(-c2cccc([C@H](C)C(=O)Nc3ncc(CC)s3)c2)cc1C#N. The number of carbonyl (C=O) groups excluding carboxylic acids is 2. The van der Waals surface area contributed by atoms with Crippen LogP contribution in [0.25, 0.3) is 11.1 Å². The van der Waals surface area contributed by atoms with Gasteiger partial charge in [0.25, 0.3) is 0 Å². The molecule has 0 saturated heterocycles. The van der Waals surface area contributed by atoms with Crippen molar-refractivity contribution in [2.45, 2.75) is 26.2 Å². The Morgan fingerprint density at radius 1 is 1.23 bits per heavy atom. The van der Waals surface area contributed by atoms with Gasteiger partial charge in [0.1, 0.15) is 6.07 Å². The van der Waals surface area contributed by atoms with Gasteiger partial charge < -0.3 is 10.6 Å². The first-order valence-electron chi connectivity index (χ1n) is 9.78. The number of anilines is 2. The summed E-state index contributed by atoms with van der Waals surface area (Å²) < 4.78 is 0. The lowest BCUT2D eigenvalue weighted by Crippen LogP contribution is -2.18. The number of nitrogens with one attached hydrogen (secondary N) is 2. The van der Waals surface area contributed by atoms with Crippen molar-refractivity contribution in [3.05, 3.63) is 77.3 Å². The minimum Gasteiger partial charge on any atom is -0.321 e. The predicted molar refractivity (Wildman–Crippen MR) is 124 cm³/mol. The van der Waals surface area contributed by atoms with Gasteiger partial charge in [-0.15, -0.1) is 11.3 Å². The molecule has 1 atom stereocenters. The Bertz CT molecular complexity index is 1180. The Kier molecular flexibility index (Phi) is 6.96. The van der Waals surface area contributed by atoms with Crippen LogP contribution < -0.4 is 10.6 Å². The number of aryl methyl sites for hydroxylation is 1. The number of hydrogen-bond acceptors (Lipinski definition) is 5. The van der Waals surface area contributed by atoms with Crippen LogP contribution in [0, 0.1) is 11.3 Å². The van der Waals surface area contributed by atoms with E-state index in [1.54, 1.807) is 18.3 Å². The van der Waals surface area contributed by atoms with Crippen molar-refractivity contribution in [3.8, 4) is 17.2 Å². The number of carbonyl (C=O) groups is 2. The molecule has 0 fully saturated rings. The third-order valence-corrected chi connectivity index (χ3v) is 5.89. The highest BCUT2D eigenvalue weighted by molar-refractivity contribution is 7.15. The number of amides is 2. The fraction of sp³-hybridized carbons (Fsp3) is 0.167. The average molecular weight is 431 g/mol. The molecule has 156 valence electrons. The maximum Gasteiger partial charge on any atom is 0.247 e. The summed E-state index contributed by atoms with van der Waals surface area (Å²) in [4.78, 5) is 29.6. The number of aromatic nitrogens is 1. The van der Waals surface area contributed by atoms with E-state index in [0.717, 1.165) is 34.1 Å². The van der Waals surface area contributed by atoms with E-state index >= 15 is 0 Å². The van der Waals surface area contributed by atoms with Crippen molar-refractivity contribution < 1.29 is 9.59 Å². The van der Waals surface area contributed by atoms with Crippen molar-refractivity contribution in [1.29, 1.82) is 5.26 Å². The lowest BCUT2D eigenvalue weighted by Gasteiger charge is -2.13. The molecule has 6 nitrogen and oxygen atoms in total. The summed E-state index contributed by atoms with van der Waals surface area (Å²) in [7, 11) is 0. The van der Waals surface area contributed by atoms with Crippen LogP contribution in [0.4, 0.5) is 10.8 Å². The number of thiazole rings is 1. The zero-order valence-electron chi connectivity index (χ0n) is 17.3. The molecule has 3 rings (SSSR count). The van der Waals surface area contributed by atoms with Crippen LogP contribution in [-0.2, 0) is 16.0 Å². The van der Waals surface area contributed by atoms with Gasteiger partial charge in [0.15, 0.2) is 5.13 Å². The van der Waals surface area contributed by atoms with Gasteiger partial charge in [0.2, 0.25) is 11.8 Å². The van der Waals surface area contributed by atoms with Crippen molar-refractivity contribution in [2.75, 3.05) is 10.6 Å². The molecule has 0 saturated carbocycles. The van der Waals surface area contributed by atoms with Gasteiger partial charge in [-0.3, -0.25) is 9.59 Å². The molecule has 1 heterocycles. The highest BCUT2D eigenvalue weighted by atomic mass is 32.1. The van der Waals surface area contributed by atoms with Crippen molar-refractivity contribution in [2.24, 2.45) is 0 Å². The minimum atomic E-state index is -0.379. The van der Waals surface area contributed by atoms with Crippen molar-refractivity contribution in [1.82, 2.24) is 4.98 Å². The summed E-state index contributed by atoms with van der Waals surface area (Å²) in [6.07, 6.45) is 3.81. The lowest BCUT2D eigenvalue weighted by molar-refractivity contribution is -0.117. The molecule has 31 heavy (non-hydrogen) atoms. The largest absolute Gasteiger partial charge is 0.321 e. The summed E-state index contributed by atoms with van der Waals surface area (Å²) in [5.74, 6) is -0.887. The number of nitrogens with zero attached hydrogens (tertiary/aromatic N) is 2. The molecule has 0 spiro atoms. The second-order valence-electron chi connectivity index (χ2n) is 6.89. The van der Waals surface area contributed by atoms with E-state index < -0.39 is 0 Å². The summed E-state index contributed by atoms with van der Waals surface area (Å²) in [6, 6.07) is 15.0. The molecule has 0 aliphatic rings. The fourth-order valence-electron chi connectivity index (χ4n) is 2.99. The van der Waals surface area contributed by atoms with Crippen molar-refractivity contribution >= 4 is 34.0 Å². The topological polar surface area (TPSA) is 94.9 Å². The van der Waals surface area contributed by atoms with Crippen LogP contribution in [-0.4, -0.2) is 16.8 Å². The molecule has 0 radical (unpaired) electrons. The normalized spacial score (nSPS) is 11.3. The zero-order chi connectivity index (χ0) is 22.4. The summed E-state index contributed by atoms with van der Waals surface area (Å²) in [5, 5.41) is 15.6. The summed E-state index contributed by atoms with van der Waals surface area (Å²) in [6.45, 7) is 7.31. The Morgan fingerprint density at radius 3 is 2.68 bits per heavy atom. The summed E-state index contributed by atoms with van der Waals surface area (Å²) >= 11 is 1.48. The third-order valence-electron chi connectivity index (χ3n) is 4.83. The first-order chi connectivity index (χ1) is 14.9. The van der Waals surface area contributed by atoms with Gasteiger partial charge in [0.05, 0.1) is 17.2 Å². The van der Waals surface area contributed by atoms with E-state index in [-0.39, 0.29) is 17.7 Å². The number of rotatable bonds is 7. The van der Waals surface area contributed by atoms with E-state index in [4.69, 9.17) is 0 Å².